The Morgan fingerprint density at radius 1 is 1.52 bits per heavy atom. The number of carbonyl (C=O) groups excluding carboxylic acids is 1. The molecule has 0 unspecified atom stereocenters. The number of nitrogens with one attached hydrogen (secondary N) is 1. The van der Waals surface area contributed by atoms with Crippen molar-refractivity contribution < 1.29 is 19.0 Å². The second-order valence-electron chi connectivity index (χ2n) is 6.42. The second kappa shape index (κ2) is 6.46. The predicted molar refractivity (Wildman–Crippen MR) is 77.4 cm³/mol. The number of rotatable bonds is 4. The van der Waals surface area contributed by atoms with Gasteiger partial charge in [0, 0.05) is 0 Å². The Kier molecular flexibility index (Phi) is 5.37. The van der Waals surface area contributed by atoms with Crippen LogP contribution in [0.1, 0.15) is 41.0 Å². The summed E-state index contributed by atoms with van der Waals surface area (Å²) >= 11 is 0. The summed E-state index contributed by atoms with van der Waals surface area (Å²) in [5.74, 6) is -0.785. The van der Waals surface area contributed by atoms with Gasteiger partial charge in [-0.2, -0.15) is 5.26 Å². The molecule has 1 heterocycles. The van der Waals surface area contributed by atoms with Crippen molar-refractivity contribution in [1.82, 2.24) is 5.32 Å². The lowest BCUT2D eigenvalue weighted by molar-refractivity contribution is -0.145. The fraction of sp³-hybridized carbons (Fsp3) is 0.733. The Morgan fingerprint density at radius 3 is 2.62 bits per heavy atom. The lowest BCUT2D eigenvalue weighted by Gasteiger charge is -2.27. The fourth-order valence-corrected chi connectivity index (χ4v) is 2.12. The van der Waals surface area contributed by atoms with Crippen LogP contribution in [0.25, 0.3) is 0 Å². The molecule has 3 atom stereocenters. The molecule has 1 amide bonds. The number of hydrogen-bond acceptors (Lipinski definition) is 5. The summed E-state index contributed by atoms with van der Waals surface area (Å²) in [6.45, 7) is 12.6. The molecule has 0 aliphatic carbocycles. The van der Waals surface area contributed by atoms with Gasteiger partial charge in [0.05, 0.1) is 18.5 Å². The van der Waals surface area contributed by atoms with Crippen molar-refractivity contribution in [2.24, 2.45) is 0 Å². The molecule has 0 saturated carbocycles. The molecule has 118 valence electrons. The number of hydrogen-bond donors (Lipinski definition) is 1. The number of nitrogens with zero attached hydrogens (tertiary/aromatic N) is 1. The number of alkyl carbamates (subject to hydrolysis) is 1. The topological polar surface area (TPSA) is 80.6 Å². The van der Waals surface area contributed by atoms with Gasteiger partial charge in [0.15, 0.2) is 5.79 Å². The van der Waals surface area contributed by atoms with Gasteiger partial charge in [0.1, 0.15) is 17.8 Å². The fourth-order valence-electron chi connectivity index (χ4n) is 2.12. The number of ether oxygens (including phenoxy) is 3. The lowest BCUT2D eigenvalue weighted by atomic mass is 10.0. The first-order chi connectivity index (χ1) is 9.58. The van der Waals surface area contributed by atoms with Crippen LogP contribution in [0, 0.1) is 11.3 Å². The summed E-state index contributed by atoms with van der Waals surface area (Å²) in [6.07, 6.45) is 0.241. The van der Waals surface area contributed by atoms with Gasteiger partial charge in [-0.25, -0.2) is 4.79 Å². The molecule has 0 radical (unpaired) electrons. The Balaban J connectivity index is 2.80. The van der Waals surface area contributed by atoms with Crippen LogP contribution in [-0.2, 0) is 14.2 Å². The molecule has 0 aromatic rings. The first kappa shape index (κ1) is 17.5. The zero-order valence-corrected chi connectivity index (χ0v) is 13.3. The van der Waals surface area contributed by atoms with Crippen molar-refractivity contribution in [2.75, 3.05) is 0 Å². The molecular formula is C15H24N2O4. The molecule has 1 fully saturated rings. The highest BCUT2D eigenvalue weighted by Gasteiger charge is 2.44. The standard InChI is InChI=1S/C15H24N2O4/c1-7-11-12(20-15(5,6)19-11)10(8-9-16)17-13(18)21-14(2,3)4/h7,10-12H,1,8H2,2-6H3,(H,17,18)/t10-,11+,12-/m0/s1. The Labute approximate surface area is 126 Å². The van der Waals surface area contributed by atoms with Crippen LogP contribution in [0.4, 0.5) is 4.79 Å². The average molecular weight is 296 g/mol. The lowest BCUT2D eigenvalue weighted by Crippen LogP contribution is -2.48. The quantitative estimate of drug-likeness (QED) is 0.806. The number of amides is 1. The molecule has 0 bridgehead atoms. The van der Waals surface area contributed by atoms with E-state index in [4.69, 9.17) is 19.5 Å². The van der Waals surface area contributed by atoms with Crippen LogP contribution in [0.5, 0.6) is 0 Å². The maximum absolute atomic E-state index is 11.9. The van der Waals surface area contributed by atoms with Gasteiger partial charge in [-0.3, -0.25) is 0 Å². The van der Waals surface area contributed by atoms with E-state index in [2.05, 4.69) is 11.9 Å². The van der Waals surface area contributed by atoms with Crippen molar-refractivity contribution in [3.8, 4) is 6.07 Å². The zero-order chi connectivity index (χ0) is 16.3. The van der Waals surface area contributed by atoms with E-state index < -0.39 is 35.7 Å². The van der Waals surface area contributed by atoms with Gasteiger partial charge in [0.25, 0.3) is 0 Å². The second-order valence-corrected chi connectivity index (χ2v) is 6.42. The monoisotopic (exact) mass is 296 g/mol. The highest BCUT2D eigenvalue weighted by molar-refractivity contribution is 5.68. The third-order valence-corrected chi connectivity index (χ3v) is 2.81. The van der Waals surface area contributed by atoms with Crippen LogP contribution >= 0.6 is 0 Å². The van der Waals surface area contributed by atoms with Gasteiger partial charge in [0.2, 0.25) is 0 Å². The van der Waals surface area contributed by atoms with Crippen molar-refractivity contribution in [1.29, 1.82) is 5.26 Å². The van der Waals surface area contributed by atoms with Crippen molar-refractivity contribution in [2.45, 2.75) is 70.7 Å². The van der Waals surface area contributed by atoms with Gasteiger partial charge in [-0.1, -0.05) is 6.08 Å². The molecule has 1 aliphatic rings. The molecule has 6 nitrogen and oxygen atoms in total. The highest BCUT2D eigenvalue weighted by atomic mass is 16.8. The van der Waals surface area contributed by atoms with Crippen molar-refractivity contribution in [3.05, 3.63) is 12.7 Å². The molecular weight excluding hydrogens is 272 g/mol. The van der Waals surface area contributed by atoms with Crippen LogP contribution < -0.4 is 5.32 Å². The van der Waals surface area contributed by atoms with E-state index in [9.17, 15) is 4.79 Å². The van der Waals surface area contributed by atoms with E-state index in [1.807, 2.05) is 6.07 Å². The molecule has 1 rings (SSSR count). The summed E-state index contributed by atoms with van der Waals surface area (Å²) in [7, 11) is 0. The summed E-state index contributed by atoms with van der Waals surface area (Å²) < 4.78 is 16.7. The van der Waals surface area contributed by atoms with E-state index >= 15 is 0 Å². The van der Waals surface area contributed by atoms with Crippen molar-refractivity contribution >= 4 is 6.09 Å². The van der Waals surface area contributed by atoms with Gasteiger partial charge >= 0.3 is 6.09 Å². The molecule has 6 heteroatoms. The molecule has 0 aromatic heterocycles. The zero-order valence-electron chi connectivity index (χ0n) is 13.3. The van der Waals surface area contributed by atoms with Crippen LogP contribution in [0.3, 0.4) is 0 Å². The molecule has 0 aromatic carbocycles. The summed E-state index contributed by atoms with van der Waals surface area (Å²) in [6, 6.07) is 1.51. The van der Waals surface area contributed by atoms with Crippen molar-refractivity contribution in [3.63, 3.8) is 0 Å². The van der Waals surface area contributed by atoms with E-state index in [1.54, 1.807) is 40.7 Å². The minimum atomic E-state index is -0.785. The maximum atomic E-state index is 11.9. The minimum Gasteiger partial charge on any atom is -0.444 e. The Hall–Kier alpha value is -1.58. The normalized spacial score (nSPS) is 25.7. The number of carbonyl (C=O) groups is 1. The van der Waals surface area contributed by atoms with Crippen LogP contribution in [-0.4, -0.2) is 35.7 Å². The first-order valence-electron chi connectivity index (χ1n) is 6.92. The van der Waals surface area contributed by atoms with Crippen LogP contribution in [0.2, 0.25) is 0 Å². The third kappa shape index (κ3) is 5.37. The van der Waals surface area contributed by atoms with E-state index in [0.717, 1.165) is 0 Å². The highest BCUT2D eigenvalue weighted by Crippen LogP contribution is 2.31. The molecule has 1 N–H and O–H groups in total. The number of nitriles is 1. The summed E-state index contributed by atoms with van der Waals surface area (Å²) in [5.41, 5.74) is -0.606. The average Bonchev–Trinajstić information content (AvgIpc) is 2.61. The van der Waals surface area contributed by atoms with E-state index in [0.29, 0.717) is 0 Å². The predicted octanol–water partition coefficient (Wildman–Crippen LogP) is 2.50. The molecule has 1 aliphatic heterocycles. The van der Waals surface area contributed by atoms with E-state index in [1.165, 1.54) is 0 Å². The third-order valence-electron chi connectivity index (χ3n) is 2.81. The summed E-state index contributed by atoms with van der Waals surface area (Å²) in [4.78, 5) is 11.9. The Morgan fingerprint density at radius 2 is 2.14 bits per heavy atom. The molecule has 21 heavy (non-hydrogen) atoms. The smallest absolute Gasteiger partial charge is 0.407 e. The largest absolute Gasteiger partial charge is 0.444 e. The molecule has 1 saturated heterocycles. The van der Waals surface area contributed by atoms with Gasteiger partial charge < -0.3 is 19.5 Å². The molecule has 0 spiro atoms. The van der Waals surface area contributed by atoms with Crippen LogP contribution in [0.15, 0.2) is 12.7 Å². The first-order valence-corrected chi connectivity index (χ1v) is 6.92. The van der Waals surface area contributed by atoms with Gasteiger partial charge in [-0.15, -0.1) is 6.58 Å². The SMILES string of the molecule is C=C[C@H]1OC(C)(C)O[C@H]1[C@H](CC#N)NC(=O)OC(C)(C)C. The summed E-state index contributed by atoms with van der Waals surface area (Å²) in [5, 5.41) is 11.6. The maximum Gasteiger partial charge on any atom is 0.407 e. The van der Waals surface area contributed by atoms with E-state index in [-0.39, 0.29) is 6.42 Å². The minimum absolute atomic E-state index is 0.0910. The Bertz CT molecular complexity index is 434. The van der Waals surface area contributed by atoms with Gasteiger partial charge in [-0.05, 0) is 34.6 Å².